The highest BCUT2D eigenvalue weighted by molar-refractivity contribution is 7.88. The number of nitrogens with one attached hydrogen (secondary N) is 1. The normalized spacial score (nSPS) is 19.7. The minimum atomic E-state index is -1.65. The molecule has 34 heavy (non-hydrogen) atoms. The van der Waals surface area contributed by atoms with Gasteiger partial charge in [0.2, 0.25) is 0 Å². The third-order valence-electron chi connectivity index (χ3n) is 6.24. The number of fused-ring (bicyclic) bond motifs is 2. The van der Waals surface area contributed by atoms with Crippen molar-refractivity contribution < 1.29 is 18.8 Å². The van der Waals surface area contributed by atoms with Gasteiger partial charge >= 0.3 is 6.01 Å². The molecule has 0 spiro atoms. The van der Waals surface area contributed by atoms with E-state index in [2.05, 4.69) is 19.3 Å². The van der Waals surface area contributed by atoms with E-state index in [1.54, 1.807) is 18.6 Å². The summed E-state index contributed by atoms with van der Waals surface area (Å²) in [6.45, 7) is 0.514. The second-order valence-corrected chi connectivity index (χ2v) is 9.55. The van der Waals surface area contributed by atoms with Crippen molar-refractivity contribution >= 4 is 33.7 Å². The molecule has 3 atom stereocenters. The monoisotopic (exact) mass is 478 g/mol. The number of rotatable bonds is 8. The maximum atomic E-state index is 13.2. The Morgan fingerprint density at radius 1 is 1.35 bits per heavy atom. The highest BCUT2D eigenvalue weighted by Crippen LogP contribution is 2.41. The molecule has 0 radical (unpaired) electrons. The van der Waals surface area contributed by atoms with Crippen molar-refractivity contribution in [2.24, 2.45) is 16.2 Å². The number of hydrogen-bond acceptors (Lipinski definition) is 6. The molecule has 3 heterocycles. The maximum absolute atomic E-state index is 13.2. The highest BCUT2D eigenvalue weighted by atomic mass is 32.2. The second-order valence-electron chi connectivity index (χ2n) is 8.40. The van der Waals surface area contributed by atoms with Crippen LogP contribution in [-0.2, 0) is 22.1 Å². The van der Waals surface area contributed by atoms with Crippen molar-refractivity contribution in [2.75, 3.05) is 20.3 Å². The molecule has 0 amide bonds. The second kappa shape index (κ2) is 9.90. The van der Waals surface area contributed by atoms with Crippen LogP contribution in [0.25, 0.3) is 16.5 Å². The van der Waals surface area contributed by atoms with E-state index in [-0.39, 0.29) is 18.4 Å². The number of benzene rings is 1. The van der Waals surface area contributed by atoms with Gasteiger partial charge in [0.05, 0.1) is 25.2 Å². The summed E-state index contributed by atoms with van der Waals surface area (Å²) in [5.41, 5.74) is 4.00. The molecule has 0 saturated carbocycles. The maximum Gasteiger partial charge on any atom is 0.316 e. The van der Waals surface area contributed by atoms with Crippen molar-refractivity contribution in [1.29, 1.82) is 0 Å². The van der Waals surface area contributed by atoms with Gasteiger partial charge in [0.1, 0.15) is 5.76 Å². The number of para-hydroxylation sites is 1. The molecule has 9 heteroatoms. The molecule has 176 valence electrons. The standard InChI is InChI=1S/C25H26N4O4S/c1-32-25-27-13-20(14-28-25)18-9-17-6-7-33-24(17)23(10-18)34(31)29-11-16(15-30)8-19-12-26-22-5-3-2-4-21(19)22/h2-5,10-14,16-17,26,30H,6-9,15H2,1H3/b29-11-. The average Bonchev–Trinajstić information content (AvgIpc) is 3.53. The van der Waals surface area contributed by atoms with Crippen LogP contribution in [-0.4, -0.2) is 50.8 Å². The Bertz CT molecular complexity index is 1300. The Balaban J connectivity index is 1.37. The van der Waals surface area contributed by atoms with E-state index in [1.807, 2.05) is 36.5 Å². The lowest BCUT2D eigenvalue weighted by Crippen LogP contribution is -2.13. The van der Waals surface area contributed by atoms with Gasteiger partial charge in [-0.15, -0.1) is 0 Å². The minimum Gasteiger partial charge on any atom is -0.496 e. The van der Waals surface area contributed by atoms with E-state index >= 15 is 0 Å². The van der Waals surface area contributed by atoms with Gasteiger partial charge in [-0.3, -0.25) is 0 Å². The summed E-state index contributed by atoms with van der Waals surface area (Å²) >= 11 is 0. The molecule has 1 aliphatic heterocycles. The zero-order valence-electron chi connectivity index (χ0n) is 18.8. The zero-order chi connectivity index (χ0) is 23.5. The number of aromatic amines is 1. The van der Waals surface area contributed by atoms with Crippen LogP contribution in [0.2, 0.25) is 0 Å². The van der Waals surface area contributed by atoms with Crippen LogP contribution >= 0.6 is 0 Å². The Labute approximate surface area is 200 Å². The topological polar surface area (TPSA) is 110 Å². The van der Waals surface area contributed by atoms with Crippen LogP contribution in [0.1, 0.15) is 24.0 Å². The van der Waals surface area contributed by atoms with Crippen molar-refractivity contribution in [3.05, 3.63) is 70.7 Å². The van der Waals surface area contributed by atoms with E-state index in [0.29, 0.717) is 23.9 Å². The molecule has 2 aromatic heterocycles. The van der Waals surface area contributed by atoms with Gasteiger partial charge in [0.15, 0.2) is 11.0 Å². The first-order valence-corrected chi connectivity index (χ1v) is 12.3. The fourth-order valence-corrected chi connectivity index (χ4v) is 5.49. The third-order valence-corrected chi connectivity index (χ3v) is 7.25. The van der Waals surface area contributed by atoms with Crippen LogP contribution in [0.15, 0.2) is 64.0 Å². The third kappa shape index (κ3) is 4.53. The lowest BCUT2D eigenvalue weighted by Gasteiger charge is -2.20. The molecule has 1 fully saturated rings. The molecule has 8 nitrogen and oxygen atoms in total. The number of methoxy groups -OCH3 is 1. The van der Waals surface area contributed by atoms with Gasteiger partial charge in [-0.1, -0.05) is 18.2 Å². The molecular weight excluding hydrogens is 452 g/mol. The van der Waals surface area contributed by atoms with Crippen LogP contribution < -0.4 is 4.74 Å². The van der Waals surface area contributed by atoms with E-state index in [1.165, 1.54) is 7.11 Å². The van der Waals surface area contributed by atoms with Crippen molar-refractivity contribution in [3.8, 4) is 6.01 Å². The van der Waals surface area contributed by atoms with Gasteiger partial charge < -0.3 is 19.6 Å². The first-order valence-electron chi connectivity index (χ1n) is 11.2. The summed E-state index contributed by atoms with van der Waals surface area (Å²) in [6.07, 6.45) is 11.1. The lowest BCUT2D eigenvalue weighted by atomic mass is 9.89. The summed E-state index contributed by atoms with van der Waals surface area (Å²) in [5.74, 6) is 0.665. The van der Waals surface area contributed by atoms with E-state index < -0.39 is 11.0 Å². The number of hydrogen-bond donors (Lipinski definition) is 2. The summed E-state index contributed by atoms with van der Waals surface area (Å²) < 4.78 is 28.5. The Morgan fingerprint density at radius 2 is 2.18 bits per heavy atom. The van der Waals surface area contributed by atoms with E-state index in [4.69, 9.17) is 9.47 Å². The number of nitrogens with zero attached hydrogens (tertiary/aromatic N) is 3. The molecule has 1 saturated heterocycles. The summed E-state index contributed by atoms with van der Waals surface area (Å²) in [6, 6.07) is 8.34. The first kappa shape index (κ1) is 22.5. The van der Waals surface area contributed by atoms with E-state index in [9.17, 15) is 9.32 Å². The molecule has 1 aromatic carbocycles. The Morgan fingerprint density at radius 3 is 2.97 bits per heavy atom. The van der Waals surface area contributed by atoms with Gasteiger partial charge in [-0.05, 0) is 42.5 Å². The van der Waals surface area contributed by atoms with Crippen molar-refractivity contribution in [3.63, 3.8) is 0 Å². The molecule has 0 bridgehead atoms. The fourth-order valence-electron chi connectivity index (χ4n) is 4.45. The molecule has 2 N–H and O–H groups in total. The van der Waals surface area contributed by atoms with Crippen LogP contribution in [0.3, 0.4) is 0 Å². The molecule has 5 rings (SSSR count). The fraction of sp³-hybridized carbons (Fsp3) is 0.320. The van der Waals surface area contributed by atoms with Crippen LogP contribution in [0.4, 0.5) is 0 Å². The number of H-pyrrole nitrogens is 1. The zero-order valence-corrected chi connectivity index (χ0v) is 19.6. The number of aliphatic hydroxyl groups excluding tert-OH is 1. The van der Waals surface area contributed by atoms with E-state index in [0.717, 1.165) is 46.2 Å². The quantitative estimate of drug-likeness (QED) is 0.479. The summed E-state index contributed by atoms with van der Waals surface area (Å²) in [4.78, 5) is 12.2. The minimum absolute atomic E-state index is 0.0878. The SMILES string of the molecule is COc1ncc(C2=CC(S(=O)/N=C\C(CO)Cc3c[nH]c4ccccc34)=C3OCCC3C2)cn1. The average molecular weight is 479 g/mol. The molecule has 3 aromatic rings. The van der Waals surface area contributed by atoms with Gasteiger partial charge in [0, 0.05) is 53.1 Å². The van der Waals surface area contributed by atoms with Crippen LogP contribution in [0.5, 0.6) is 6.01 Å². The Kier molecular flexibility index (Phi) is 6.55. The molecule has 1 aliphatic carbocycles. The summed E-state index contributed by atoms with van der Waals surface area (Å²) in [7, 11) is -0.127. The Hall–Kier alpha value is -3.30. The number of aromatic nitrogens is 3. The van der Waals surface area contributed by atoms with Gasteiger partial charge in [0.25, 0.3) is 0 Å². The predicted octanol–water partition coefficient (Wildman–Crippen LogP) is 3.59. The number of aliphatic hydroxyl groups is 1. The lowest BCUT2D eigenvalue weighted by molar-refractivity contribution is 0.257. The van der Waals surface area contributed by atoms with Crippen LogP contribution in [0, 0.1) is 11.8 Å². The molecular formula is C25H26N4O4S. The molecule has 3 unspecified atom stereocenters. The number of allylic oxidation sites excluding steroid dienone is 3. The van der Waals surface area contributed by atoms with Crippen molar-refractivity contribution in [1.82, 2.24) is 15.0 Å². The predicted molar refractivity (Wildman–Crippen MR) is 131 cm³/mol. The van der Waals surface area contributed by atoms with Gasteiger partial charge in [-0.2, -0.15) is 4.40 Å². The first-order chi connectivity index (χ1) is 16.7. The number of ether oxygens (including phenoxy) is 2. The highest BCUT2D eigenvalue weighted by Gasteiger charge is 2.33. The smallest absolute Gasteiger partial charge is 0.316 e. The summed E-state index contributed by atoms with van der Waals surface area (Å²) in [5, 5.41) is 11.0. The van der Waals surface area contributed by atoms with Gasteiger partial charge in [-0.25, -0.2) is 14.2 Å². The molecule has 2 aliphatic rings. The largest absolute Gasteiger partial charge is 0.496 e. The van der Waals surface area contributed by atoms with Crippen molar-refractivity contribution in [2.45, 2.75) is 19.3 Å².